The largest absolute Gasteiger partial charge is 0.345 e. The monoisotopic (exact) mass is 352 g/mol. The summed E-state index contributed by atoms with van der Waals surface area (Å²) in [6.45, 7) is 5.99. The Morgan fingerprint density at radius 3 is 2.77 bits per heavy atom. The Bertz CT molecular complexity index is 1000. The lowest BCUT2D eigenvalue weighted by Gasteiger charge is -2.25. The molecule has 2 aromatic heterocycles. The number of halogens is 1. The van der Waals surface area contributed by atoms with Crippen LogP contribution in [0.15, 0.2) is 36.5 Å². The maximum absolute atomic E-state index is 13.6. The fourth-order valence-corrected chi connectivity index (χ4v) is 3.33. The van der Waals surface area contributed by atoms with Gasteiger partial charge in [-0.2, -0.15) is 5.10 Å². The molecule has 1 fully saturated rings. The molecule has 1 amide bonds. The lowest BCUT2D eigenvalue weighted by molar-refractivity contribution is 0.0896. The maximum Gasteiger partial charge on any atom is 0.272 e. The zero-order valence-corrected chi connectivity index (χ0v) is 15.1. The van der Waals surface area contributed by atoms with Gasteiger partial charge in [0.25, 0.3) is 5.91 Å². The first-order valence-corrected chi connectivity index (χ1v) is 8.79. The van der Waals surface area contributed by atoms with Crippen molar-refractivity contribution in [2.24, 2.45) is 5.92 Å². The molecule has 0 bridgehead atoms. The summed E-state index contributed by atoms with van der Waals surface area (Å²) in [5.41, 5.74) is 2.89. The average Bonchev–Trinajstić information content (AvgIpc) is 3.35. The van der Waals surface area contributed by atoms with Crippen molar-refractivity contribution in [1.82, 2.24) is 19.9 Å². The van der Waals surface area contributed by atoms with E-state index in [4.69, 9.17) is 0 Å². The molecule has 6 heteroatoms. The Hall–Kier alpha value is -2.76. The number of carbonyl (C=O) groups is 1. The molecule has 2 heterocycles. The summed E-state index contributed by atoms with van der Waals surface area (Å²) in [5, 5.41) is 7.65. The number of amides is 1. The van der Waals surface area contributed by atoms with Crippen LogP contribution in [0.1, 0.15) is 42.7 Å². The smallest absolute Gasteiger partial charge is 0.272 e. The zero-order valence-electron chi connectivity index (χ0n) is 15.1. The first-order valence-electron chi connectivity index (χ1n) is 8.79. The molecule has 4 rings (SSSR count). The average molecular weight is 352 g/mol. The second-order valence-corrected chi connectivity index (χ2v) is 7.55. The second-order valence-electron chi connectivity index (χ2n) is 7.55. The summed E-state index contributed by atoms with van der Waals surface area (Å²) in [7, 11) is 0. The Labute approximate surface area is 151 Å². The SMILES string of the molecule is Cc1cc(-c2cccc(F)c2)nn2c(C(=O)NC(C)(C)C3CC3)cnc12. The van der Waals surface area contributed by atoms with Crippen molar-refractivity contribution in [2.75, 3.05) is 0 Å². The van der Waals surface area contributed by atoms with Gasteiger partial charge in [-0.05, 0) is 63.3 Å². The molecule has 1 aliphatic carbocycles. The molecule has 1 saturated carbocycles. The molecule has 0 unspecified atom stereocenters. The quantitative estimate of drug-likeness (QED) is 0.778. The van der Waals surface area contributed by atoms with Gasteiger partial charge in [0.15, 0.2) is 11.3 Å². The van der Waals surface area contributed by atoms with Gasteiger partial charge in [-0.25, -0.2) is 13.9 Å². The first kappa shape index (κ1) is 16.7. The highest BCUT2D eigenvalue weighted by atomic mass is 19.1. The van der Waals surface area contributed by atoms with Crippen LogP contribution in [0.4, 0.5) is 4.39 Å². The number of aromatic nitrogens is 3. The number of imidazole rings is 1. The van der Waals surface area contributed by atoms with Crippen LogP contribution in [0.2, 0.25) is 0 Å². The molecule has 1 aromatic carbocycles. The number of carbonyl (C=O) groups excluding carboxylic acids is 1. The number of benzene rings is 1. The van der Waals surface area contributed by atoms with Crippen LogP contribution in [0.25, 0.3) is 16.9 Å². The molecule has 1 N–H and O–H groups in total. The molecule has 0 aliphatic heterocycles. The number of aryl methyl sites for hydroxylation is 1. The third-order valence-electron chi connectivity index (χ3n) is 5.04. The fraction of sp³-hybridized carbons (Fsp3) is 0.350. The molecule has 134 valence electrons. The second kappa shape index (κ2) is 5.90. The predicted molar refractivity (Wildman–Crippen MR) is 97.4 cm³/mol. The van der Waals surface area contributed by atoms with Gasteiger partial charge in [0.1, 0.15) is 5.82 Å². The Morgan fingerprint density at radius 1 is 1.31 bits per heavy atom. The summed E-state index contributed by atoms with van der Waals surface area (Å²) in [5.74, 6) is -0.00212. The minimum absolute atomic E-state index is 0.197. The fourth-order valence-electron chi connectivity index (χ4n) is 3.33. The van der Waals surface area contributed by atoms with Crippen molar-refractivity contribution in [3.63, 3.8) is 0 Å². The van der Waals surface area contributed by atoms with Gasteiger partial charge in [-0.15, -0.1) is 0 Å². The highest BCUT2D eigenvalue weighted by Gasteiger charge is 2.39. The molecule has 3 aromatic rings. The lowest BCUT2D eigenvalue weighted by Crippen LogP contribution is -2.45. The Morgan fingerprint density at radius 2 is 2.08 bits per heavy atom. The number of fused-ring (bicyclic) bond motifs is 1. The molecule has 0 atom stereocenters. The number of nitrogens with one attached hydrogen (secondary N) is 1. The topological polar surface area (TPSA) is 59.3 Å². The highest BCUT2D eigenvalue weighted by molar-refractivity contribution is 5.93. The normalized spacial score (nSPS) is 14.6. The molecule has 0 spiro atoms. The standard InChI is InChI=1S/C20H21FN4O/c1-12-9-16(13-5-4-6-15(21)10-13)24-25-17(11-22-18(12)25)19(26)23-20(2,3)14-7-8-14/h4-6,9-11,14H,7-8H2,1-3H3,(H,23,26). The molecule has 5 nitrogen and oxygen atoms in total. The predicted octanol–water partition coefficient (Wildman–Crippen LogP) is 3.76. The van der Waals surface area contributed by atoms with E-state index in [1.54, 1.807) is 22.8 Å². The van der Waals surface area contributed by atoms with E-state index >= 15 is 0 Å². The van der Waals surface area contributed by atoms with Crippen molar-refractivity contribution in [3.05, 3.63) is 53.6 Å². The van der Waals surface area contributed by atoms with Crippen LogP contribution in [0.3, 0.4) is 0 Å². The minimum atomic E-state index is -0.322. The van der Waals surface area contributed by atoms with Gasteiger partial charge in [0.2, 0.25) is 0 Å². The van der Waals surface area contributed by atoms with Gasteiger partial charge in [-0.3, -0.25) is 4.79 Å². The summed E-state index contributed by atoms with van der Waals surface area (Å²) >= 11 is 0. The van der Waals surface area contributed by atoms with Crippen molar-refractivity contribution in [3.8, 4) is 11.3 Å². The van der Waals surface area contributed by atoms with Crippen molar-refractivity contribution < 1.29 is 9.18 Å². The van der Waals surface area contributed by atoms with Gasteiger partial charge in [0, 0.05) is 11.1 Å². The van der Waals surface area contributed by atoms with E-state index in [2.05, 4.69) is 15.4 Å². The molecular formula is C20H21FN4O. The third-order valence-corrected chi connectivity index (χ3v) is 5.04. The van der Waals surface area contributed by atoms with Gasteiger partial charge < -0.3 is 5.32 Å². The molecule has 26 heavy (non-hydrogen) atoms. The van der Waals surface area contributed by atoms with Crippen LogP contribution in [-0.2, 0) is 0 Å². The number of rotatable bonds is 4. The van der Waals surface area contributed by atoms with Gasteiger partial charge in [-0.1, -0.05) is 12.1 Å². The van der Waals surface area contributed by atoms with Crippen LogP contribution in [0.5, 0.6) is 0 Å². The number of hydrogen-bond donors (Lipinski definition) is 1. The number of nitrogens with zero attached hydrogens (tertiary/aromatic N) is 3. The highest BCUT2D eigenvalue weighted by Crippen LogP contribution is 2.39. The lowest BCUT2D eigenvalue weighted by atomic mass is 9.98. The van der Waals surface area contributed by atoms with Crippen LogP contribution in [-0.4, -0.2) is 26.0 Å². The molecule has 0 radical (unpaired) electrons. The van der Waals surface area contributed by atoms with Crippen molar-refractivity contribution >= 4 is 11.6 Å². The van der Waals surface area contributed by atoms with E-state index in [9.17, 15) is 9.18 Å². The van der Waals surface area contributed by atoms with Gasteiger partial charge >= 0.3 is 0 Å². The molecule has 1 aliphatic rings. The molecular weight excluding hydrogens is 331 g/mol. The summed E-state index contributed by atoms with van der Waals surface area (Å²) in [6.07, 6.45) is 3.83. The van der Waals surface area contributed by atoms with E-state index in [0.29, 0.717) is 28.5 Å². The van der Waals surface area contributed by atoms with Gasteiger partial charge in [0.05, 0.1) is 11.9 Å². The van der Waals surface area contributed by atoms with Crippen molar-refractivity contribution in [2.45, 2.75) is 39.2 Å². The summed E-state index contributed by atoms with van der Waals surface area (Å²) in [4.78, 5) is 17.2. The van der Waals surface area contributed by atoms with E-state index in [-0.39, 0.29) is 17.3 Å². The number of hydrogen-bond acceptors (Lipinski definition) is 3. The summed E-state index contributed by atoms with van der Waals surface area (Å²) < 4.78 is 15.1. The Kier molecular flexibility index (Phi) is 3.79. The van der Waals surface area contributed by atoms with Crippen LogP contribution < -0.4 is 5.32 Å². The van der Waals surface area contributed by atoms with E-state index in [1.165, 1.54) is 12.1 Å². The third kappa shape index (κ3) is 2.96. The Balaban J connectivity index is 1.75. The zero-order chi connectivity index (χ0) is 18.5. The van der Waals surface area contributed by atoms with E-state index in [0.717, 1.165) is 18.4 Å². The van der Waals surface area contributed by atoms with Crippen LogP contribution >= 0.6 is 0 Å². The maximum atomic E-state index is 13.6. The van der Waals surface area contributed by atoms with Crippen LogP contribution in [0, 0.1) is 18.7 Å². The molecule has 0 saturated heterocycles. The minimum Gasteiger partial charge on any atom is -0.345 e. The van der Waals surface area contributed by atoms with Crippen molar-refractivity contribution in [1.29, 1.82) is 0 Å². The van der Waals surface area contributed by atoms with E-state index < -0.39 is 0 Å². The summed E-state index contributed by atoms with van der Waals surface area (Å²) in [6, 6.07) is 8.12. The van der Waals surface area contributed by atoms with E-state index in [1.807, 2.05) is 26.8 Å². The first-order chi connectivity index (χ1) is 12.3.